The van der Waals surface area contributed by atoms with Crippen LogP contribution < -0.4 is 5.73 Å². The number of rotatable bonds is 2. The average molecular weight is 273 g/mol. The van der Waals surface area contributed by atoms with Crippen LogP contribution in [0.5, 0.6) is 0 Å². The first-order valence-electron chi connectivity index (χ1n) is 6.97. The molecule has 2 atom stereocenters. The Balaban J connectivity index is 2.03. The third-order valence-electron chi connectivity index (χ3n) is 4.32. The van der Waals surface area contributed by atoms with E-state index < -0.39 is 11.5 Å². The van der Waals surface area contributed by atoms with Crippen molar-refractivity contribution in [2.45, 2.75) is 44.2 Å². The van der Waals surface area contributed by atoms with E-state index >= 15 is 0 Å². The van der Waals surface area contributed by atoms with Crippen LogP contribution in [0.4, 0.5) is 0 Å². The number of hydrogen-bond acceptors (Lipinski definition) is 3. The topological polar surface area (TPSA) is 81.1 Å². The van der Waals surface area contributed by atoms with Crippen molar-refractivity contribution < 1.29 is 9.90 Å². The van der Waals surface area contributed by atoms with Crippen LogP contribution in [0.1, 0.15) is 37.5 Å². The van der Waals surface area contributed by atoms with Gasteiger partial charge in [-0.25, -0.2) is 4.98 Å². The van der Waals surface area contributed by atoms with E-state index in [9.17, 15) is 9.90 Å². The summed E-state index contributed by atoms with van der Waals surface area (Å²) in [5.41, 5.74) is 6.96. The molecule has 0 amide bonds. The molecule has 1 heterocycles. The average Bonchev–Trinajstić information content (AvgIpc) is 2.74. The second-order valence-electron chi connectivity index (χ2n) is 5.73. The lowest BCUT2D eigenvalue weighted by Crippen LogP contribution is -2.51. The van der Waals surface area contributed by atoms with Crippen molar-refractivity contribution in [1.82, 2.24) is 9.55 Å². The molecule has 5 nitrogen and oxygen atoms in total. The Bertz CT molecular complexity index is 664. The van der Waals surface area contributed by atoms with Crippen molar-refractivity contribution in [3.05, 3.63) is 30.1 Å². The van der Waals surface area contributed by atoms with Crippen LogP contribution in [-0.4, -0.2) is 26.2 Å². The van der Waals surface area contributed by atoms with Gasteiger partial charge in [-0.2, -0.15) is 0 Å². The summed E-state index contributed by atoms with van der Waals surface area (Å²) >= 11 is 0. The zero-order chi connectivity index (χ0) is 14.3. The molecule has 1 aromatic heterocycles. The molecule has 2 aromatic rings. The molecule has 20 heavy (non-hydrogen) atoms. The van der Waals surface area contributed by atoms with Gasteiger partial charge >= 0.3 is 5.97 Å². The SMILES string of the molecule is Cc1nc2ccccc2n1C1CCCC(N)(C(=O)O)C1. The normalized spacial score (nSPS) is 26.8. The van der Waals surface area contributed by atoms with E-state index in [1.54, 1.807) is 0 Å². The minimum atomic E-state index is -1.11. The molecule has 0 bridgehead atoms. The zero-order valence-corrected chi connectivity index (χ0v) is 11.5. The summed E-state index contributed by atoms with van der Waals surface area (Å²) in [7, 11) is 0. The quantitative estimate of drug-likeness (QED) is 0.879. The second-order valence-corrected chi connectivity index (χ2v) is 5.73. The van der Waals surface area contributed by atoms with Crippen LogP contribution in [0, 0.1) is 6.92 Å². The fourth-order valence-electron chi connectivity index (χ4n) is 3.32. The van der Waals surface area contributed by atoms with Gasteiger partial charge in [-0.1, -0.05) is 12.1 Å². The van der Waals surface area contributed by atoms with E-state index in [1.807, 2.05) is 31.2 Å². The van der Waals surface area contributed by atoms with Gasteiger partial charge in [0.25, 0.3) is 0 Å². The highest BCUT2D eigenvalue weighted by Gasteiger charge is 2.40. The standard InChI is InChI=1S/C15H19N3O2/c1-10-17-12-6-2-3-7-13(12)18(10)11-5-4-8-15(16,9-11)14(19)20/h2-3,6-7,11H,4-5,8-9,16H2,1H3,(H,19,20). The minimum Gasteiger partial charge on any atom is -0.480 e. The number of aryl methyl sites for hydroxylation is 1. The molecule has 3 N–H and O–H groups in total. The summed E-state index contributed by atoms with van der Waals surface area (Å²) in [6.07, 6.45) is 2.79. The molecule has 0 spiro atoms. The molecule has 1 saturated carbocycles. The molecular weight excluding hydrogens is 254 g/mol. The molecule has 106 valence electrons. The van der Waals surface area contributed by atoms with Crippen LogP contribution in [0.25, 0.3) is 11.0 Å². The monoisotopic (exact) mass is 273 g/mol. The lowest BCUT2D eigenvalue weighted by Gasteiger charge is -2.35. The van der Waals surface area contributed by atoms with E-state index in [1.165, 1.54) is 0 Å². The Morgan fingerprint density at radius 2 is 2.25 bits per heavy atom. The summed E-state index contributed by atoms with van der Waals surface area (Å²) < 4.78 is 2.15. The van der Waals surface area contributed by atoms with E-state index in [0.717, 1.165) is 29.7 Å². The lowest BCUT2D eigenvalue weighted by atomic mass is 9.79. The molecule has 1 aliphatic carbocycles. The van der Waals surface area contributed by atoms with E-state index in [2.05, 4.69) is 9.55 Å². The fourth-order valence-corrected chi connectivity index (χ4v) is 3.32. The molecule has 1 aromatic carbocycles. The van der Waals surface area contributed by atoms with Crippen LogP contribution in [-0.2, 0) is 4.79 Å². The number of fused-ring (bicyclic) bond motifs is 1. The molecule has 3 rings (SSSR count). The van der Waals surface area contributed by atoms with Gasteiger partial charge < -0.3 is 15.4 Å². The Labute approximate surface area is 117 Å². The molecule has 0 aliphatic heterocycles. The maximum Gasteiger partial charge on any atom is 0.323 e. The number of benzene rings is 1. The lowest BCUT2D eigenvalue weighted by molar-refractivity contribution is -0.145. The van der Waals surface area contributed by atoms with Crippen molar-refractivity contribution in [3.8, 4) is 0 Å². The van der Waals surface area contributed by atoms with Crippen LogP contribution in [0.2, 0.25) is 0 Å². The summed E-state index contributed by atoms with van der Waals surface area (Å²) in [5, 5.41) is 9.35. The first-order valence-corrected chi connectivity index (χ1v) is 6.97. The van der Waals surface area contributed by atoms with Gasteiger partial charge in [-0.15, -0.1) is 0 Å². The molecule has 1 aliphatic rings. The Hall–Kier alpha value is -1.88. The van der Waals surface area contributed by atoms with Crippen LogP contribution in [0.3, 0.4) is 0 Å². The second kappa shape index (κ2) is 4.59. The highest BCUT2D eigenvalue weighted by molar-refractivity contribution is 5.79. The summed E-state index contributed by atoms with van der Waals surface area (Å²) in [4.78, 5) is 15.9. The molecule has 1 fully saturated rings. The van der Waals surface area contributed by atoms with E-state index in [0.29, 0.717) is 12.8 Å². The smallest absolute Gasteiger partial charge is 0.323 e. The van der Waals surface area contributed by atoms with Crippen molar-refractivity contribution >= 4 is 17.0 Å². The maximum absolute atomic E-state index is 11.4. The van der Waals surface area contributed by atoms with Gasteiger partial charge in [0.2, 0.25) is 0 Å². The molecular formula is C15H19N3O2. The number of carboxylic acid groups (broad SMARTS) is 1. The first-order chi connectivity index (χ1) is 9.51. The number of nitrogens with zero attached hydrogens (tertiary/aromatic N) is 2. The van der Waals surface area contributed by atoms with Gasteiger partial charge in [-0.05, 0) is 44.7 Å². The number of carboxylic acids is 1. The van der Waals surface area contributed by atoms with Crippen molar-refractivity contribution in [3.63, 3.8) is 0 Å². The predicted molar refractivity (Wildman–Crippen MR) is 76.5 cm³/mol. The Kier molecular flexibility index (Phi) is 3.01. The number of para-hydroxylation sites is 2. The van der Waals surface area contributed by atoms with E-state index in [-0.39, 0.29) is 6.04 Å². The number of carbonyl (C=O) groups is 1. The number of nitrogens with two attached hydrogens (primary N) is 1. The summed E-state index contributed by atoms with van der Waals surface area (Å²) in [5.74, 6) is 0.0233. The number of imidazole rings is 1. The summed E-state index contributed by atoms with van der Waals surface area (Å²) in [6, 6.07) is 8.06. The van der Waals surface area contributed by atoms with Crippen molar-refractivity contribution in [1.29, 1.82) is 0 Å². The first kappa shape index (κ1) is 13.1. The molecule has 2 unspecified atom stereocenters. The van der Waals surface area contributed by atoms with Gasteiger partial charge in [0.05, 0.1) is 11.0 Å². The van der Waals surface area contributed by atoms with Gasteiger partial charge in [0.15, 0.2) is 0 Å². The van der Waals surface area contributed by atoms with Gasteiger partial charge in [-0.3, -0.25) is 4.79 Å². The predicted octanol–water partition coefficient (Wildman–Crippen LogP) is 2.24. The zero-order valence-electron chi connectivity index (χ0n) is 11.5. The third kappa shape index (κ3) is 1.98. The Morgan fingerprint density at radius 3 is 3.00 bits per heavy atom. The number of aromatic nitrogens is 2. The van der Waals surface area contributed by atoms with Gasteiger partial charge in [0, 0.05) is 6.04 Å². The fraction of sp³-hybridized carbons (Fsp3) is 0.467. The molecule has 0 radical (unpaired) electrons. The van der Waals surface area contributed by atoms with Crippen molar-refractivity contribution in [2.24, 2.45) is 5.73 Å². The minimum absolute atomic E-state index is 0.109. The number of aliphatic carboxylic acids is 1. The number of hydrogen-bond donors (Lipinski definition) is 2. The van der Waals surface area contributed by atoms with Gasteiger partial charge in [0.1, 0.15) is 11.4 Å². The molecule has 0 saturated heterocycles. The largest absolute Gasteiger partial charge is 0.480 e. The third-order valence-corrected chi connectivity index (χ3v) is 4.32. The maximum atomic E-state index is 11.4. The van der Waals surface area contributed by atoms with Crippen LogP contribution in [0.15, 0.2) is 24.3 Å². The van der Waals surface area contributed by atoms with E-state index in [4.69, 9.17) is 5.73 Å². The summed E-state index contributed by atoms with van der Waals surface area (Å²) in [6.45, 7) is 1.97. The highest BCUT2D eigenvalue weighted by atomic mass is 16.4. The molecule has 5 heteroatoms. The Morgan fingerprint density at radius 1 is 1.50 bits per heavy atom. The van der Waals surface area contributed by atoms with Crippen molar-refractivity contribution in [2.75, 3.05) is 0 Å². The van der Waals surface area contributed by atoms with Crippen LogP contribution >= 0.6 is 0 Å². The highest BCUT2D eigenvalue weighted by Crippen LogP contribution is 2.36.